The summed E-state index contributed by atoms with van der Waals surface area (Å²) in [6.45, 7) is 2.41. The first-order valence-electron chi connectivity index (χ1n) is 7.28. The number of carboxylic acid groups (broad SMARTS) is 1. The first-order chi connectivity index (χ1) is 9.70. The van der Waals surface area contributed by atoms with Crippen LogP contribution < -0.4 is 4.74 Å². The molecule has 1 aromatic rings. The van der Waals surface area contributed by atoms with Crippen LogP contribution in [0.3, 0.4) is 0 Å². The lowest BCUT2D eigenvalue weighted by atomic mass is 10.1. The number of para-hydroxylation sites is 1. The number of aliphatic carboxylic acids is 1. The average molecular weight is 276 g/mol. The zero-order chi connectivity index (χ0) is 14.6. The molecule has 0 heterocycles. The molecule has 0 aliphatic rings. The molecular formula is C17H24O3. The number of allylic oxidation sites excluding steroid dienone is 1. The Bertz CT molecular complexity index is 410. The van der Waals surface area contributed by atoms with Crippen molar-refractivity contribution in [2.45, 2.75) is 45.4 Å². The van der Waals surface area contributed by atoms with Crippen LogP contribution in [0.1, 0.15) is 45.4 Å². The molecule has 1 N–H and O–H groups in total. The molecule has 1 aromatic carbocycles. The normalized spacial score (nSPS) is 11.3. The summed E-state index contributed by atoms with van der Waals surface area (Å²) >= 11 is 0. The highest BCUT2D eigenvalue weighted by molar-refractivity contribution is 5.85. The average Bonchev–Trinajstić information content (AvgIpc) is 2.46. The van der Waals surface area contributed by atoms with Gasteiger partial charge in [-0.15, -0.1) is 0 Å². The van der Waals surface area contributed by atoms with E-state index in [1.54, 1.807) is 13.0 Å². The van der Waals surface area contributed by atoms with Crippen LogP contribution in [-0.4, -0.2) is 17.7 Å². The predicted molar refractivity (Wildman–Crippen MR) is 81.0 cm³/mol. The van der Waals surface area contributed by atoms with Crippen LogP contribution in [0, 0.1) is 0 Å². The maximum Gasteiger partial charge on any atom is 0.330 e. The molecule has 0 aliphatic heterocycles. The Balaban J connectivity index is 1.93. The van der Waals surface area contributed by atoms with Crippen LogP contribution in [0.5, 0.6) is 5.75 Å². The molecular weight excluding hydrogens is 252 g/mol. The zero-order valence-electron chi connectivity index (χ0n) is 12.2. The maximum atomic E-state index is 10.6. The van der Waals surface area contributed by atoms with E-state index in [0.29, 0.717) is 5.57 Å². The van der Waals surface area contributed by atoms with E-state index >= 15 is 0 Å². The molecule has 0 aliphatic carbocycles. The van der Waals surface area contributed by atoms with Crippen molar-refractivity contribution in [1.29, 1.82) is 0 Å². The van der Waals surface area contributed by atoms with Crippen molar-refractivity contribution in [2.75, 3.05) is 6.61 Å². The van der Waals surface area contributed by atoms with E-state index in [1.807, 2.05) is 30.3 Å². The second-order valence-corrected chi connectivity index (χ2v) is 4.91. The molecule has 0 aromatic heterocycles. The SMILES string of the molecule is CC(=CCCCCCCCOc1ccccc1)C(=O)O. The number of hydrogen-bond acceptors (Lipinski definition) is 2. The molecule has 3 heteroatoms. The van der Waals surface area contributed by atoms with Gasteiger partial charge in [0.1, 0.15) is 5.75 Å². The fourth-order valence-corrected chi connectivity index (χ4v) is 1.89. The number of benzene rings is 1. The van der Waals surface area contributed by atoms with Gasteiger partial charge < -0.3 is 9.84 Å². The van der Waals surface area contributed by atoms with Crippen molar-refractivity contribution in [3.8, 4) is 5.75 Å². The van der Waals surface area contributed by atoms with E-state index in [2.05, 4.69) is 0 Å². The predicted octanol–water partition coefficient (Wildman–Crippen LogP) is 4.44. The summed E-state index contributed by atoms with van der Waals surface area (Å²) in [5.74, 6) is 0.116. The second kappa shape index (κ2) is 10.1. The molecule has 0 atom stereocenters. The maximum absolute atomic E-state index is 10.6. The summed E-state index contributed by atoms with van der Waals surface area (Å²) in [4.78, 5) is 10.6. The van der Waals surface area contributed by atoms with Crippen molar-refractivity contribution in [3.05, 3.63) is 42.0 Å². The zero-order valence-corrected chi connectivity index (χ0v) is 12.2. The second-order valence-electron chi connectivity index (χ2n) is 4.91. The van der Waals surface area contributed by atoms with Crippen LogP contribution in [0.15, 0.2) is 42.0 Å². The first kappa shape index (κ1) is 16.3. The van der Waals surface area contributed by atoms with E-state index in [9.17, 15) is 4.79 Å². The Morgan fingerprint density at radius 2 is 1.75 bits per heavy atom. The van der Waals surface area contributed by atoms with Crippen molar-refractivity contribution in [1.82, 2.24) is 0 Å². The molecule has 0 spiro atoms. The molecule has 0 fully saturated rings. The highest BCUT2D eigenvalue weighted by Crippen LogP contribution is 2.11. The summed E-state index contributed by atoms with van der Waals surface area (Å²) in [5.41, 5.74) is 0.446. The van der Waals surface area contributed by atoms with Gasteiger partial charge in [0.05, 0.1) is 6.61 Å². The van der Waals surface area contributed by atoms with Gasteiger partial charge in [-0.1, -0.05) is 43.5 Å². The Labute approximate surface area is 121 Å². The highest BCUT2D eigenvalue weighted by atomic mass is 16.5. The topological polar surface area (TPSA) is 46.5 Å². The Hall–Kier alpha value is -1.77. The van der Waals surface area contributed by atoms with Crippen LogP contribution >= 0.6 is 0 Å². The number of unbranched alkanes of at least 4 members (excludes halogenated alkanes) is 5. The lowest BCUT2D eigenvalue weighted by Crippen LogP contribution is -1.97. The summed E-state index contributed by atoms with van der Waals surface area (Å²) in [6.07, 6.45) is 8.28. The Morgan fingerprint density at radius 3 is 2.45 bits per heavy atom. The lowest BCUT2D eigenvalue weighted by molar-refractivity contribution is -0.132. The highest BCUT2D eigenvalue weighted by Gasteiger charge is 1.98. The van der Waals surface area contributed by atoms with E-state index < -0.39 is 5.97 Å². The van der Waals surface area contributed by atoms with E-state index in [4.69, 9.17) is 9.84 Å². The number of rotatable bonds is 10. The van der Waals surface area contributed by atoms with E-state index in [0.717, 1.165) is 44.5 Å². The third-order valence-corrected chi connectivity index (χ3v) is 3.15. The fourth-order valence-electron chi connectivity index (χ4n) is 1.89. The summed E-state index contributed by atoms with van der Waals surface area (Å²) in [7, 11) is 0. The molecule has 20 heavy (non-hydrogen) atoms. The van der Waals surface area contributed by atoms with Crippen LogP contribution in [0.25, 0.3) is 0 Å². The third-order valence-electron chi connectivity index (χ3n) is 3.15. The molecule has 0 radical (unpaired) electrons. The van der Waals surface area contributed by atoms with Gasteiger partial charge in [0.25, 0.3) is 0 Å². The standard InChI is InChI=1S/C17H24O3/c1-15(17(18)19)11-7-4-2-3-5-10-14-20-16-12-8-6-9-13-16/h6,8-9,11-13H,2-5,7,10,14H2,1H3,(H,18,19). The van der Waals surface area contributed by atoms with Gasteiger partial charge in [-0.2, -0.15) is 0 Å². The number of carbonyl (C=O) groups is 1. The number of ether oxygens (including phenoxy) is 1. The van der Waals surface area contributed by atoms with Crippen LogP contribution in [0.4, 0.5) is 0 Å². The van der Waals surface area contributed by atoms with Crippen molar-refractivity contribution in [3.63, 3.8) is 0 Å². The quantitative estimate of drug-likeness (QED) is 0.507. The smallest absolute Gasteiger partial charge is 0.330 e. The molecule has 0 saturated carbocycles. The Morgan fingerprint density at radius 1 is 1.10 bits per heavy atom. The monoisotopic (exact) mass is 276 g/mol. The lowest BCUT2D eigenvalue weighted by Gasteiger charge is -2.05. The molecule has 0 amide bonds. The minimum atomic E-state index is -0.817. The molecule has 0 unspecified atom stereocenters. The summed E-state index contributed by atoms with van der Waals surface area (Å²) < 4.78 is 5.62. The van der Waals surface area contributed by atoms with Gasteiger partial charge in [0.2, 0.25) is 0 Å². The fraction of sp³-hybridized carbons (Fsp3) is 0.471. The minimum Gasteiger partial charge on any atom is -0.494 e. The van der Waals surface area contributed by atoms with Crippen LogP contribution in [0.2, 0.25) is 0 Å². The molecule has 3 nitrogen and oxygen atoms in total. The van der Waals surface area contributed by atoms with Crippen molar-refractivity contribution >= 4 is 5.97 Å². The summed E-state index contributed by atoms with van der Waals surface area (Å²) in [5, 5.41) is 8.69. The minimum absolute atomic E-state index is 0.446. The van der Waals surface area contributed by atoms with Gasteiger partial charge in [-0.3, -0.25) is 0 Å². The van der Waals surface area contributed by atoms with Gasteiger partial charge in [-0.05, 0) is 38.3 Å². The van der Waals surface area contributed by atoms with Gasteiger partial charge in [0, 0.05) is 5.57 Å². The molecule has 110 valence electrons. The Kier molecular flexibility index (Phi) is 8.20. The van der Waals surface area contributed by atoms with Crippen molar-refractivity contribution < 1.29 is 14.6 Å². The van der Waals surface area contributed by atoms with Crippen molar-refractivity contribution in [2.24, 2.45) is 0 Å². The number of carboxylic acids is 1. The van der Waals surface area contributed by atoms with Gasteiger partial charge >= 0.3 is 5.97 Å². The summed E-state index contributed by atoms with van der Waals surface area (Å²) in [6, 6.07) is 9.87. The first-order valence-corrected chi connectivity index (χ1v) is 7.28. The number of hydrogen-bond donors (Lipinski definition) is 1. The van der Waals surface area contributed by atoms with E-state index in [-0.39, 0.29) is 0 Å². The molecule has 1 rings (SSSR count). The third kappa shape index (κ3) is 7.62. The van der Waals surface area contributed by atoms with Gasteiger partial charge in [-0.25, -0.2) is 4.79 Å². The van der Waals surface area contributed by atoms with Crippen LogP contribution in [-0.2, 0) is 4.79 Å². The van der Waals surface area contributed by atoms with Gasteiger partial charge in [0.15, 0.2) is 0 Å². The molecule has 0 bridgehead atoms. The van der Waals surface area contributed by atoms with E-state index in [1.165, 1.54) is 6.42 Å². The largest absolute Gasteiger partial charge is 0.494 e. The molecule has 0 saturated heterocycles.